The van der Waals surface area contributed by atoms with Crippen molar-refractivity contribution in [2.45, 2.75) is 25.3 Å². The summed E-state index contributed by atoms with van der Waals surface area (Å²) in [4.78, 5) is 24.0. The van der Waals surface area contributed by atoms with Gasteiger partial charge in [0.25, 0.3) is 5.91 Å². The first-order chi connectivity index (χ1) is 13.8. The van der Waals surface area contributed by atoms with E-state index in [0.29, 0.717) is 5.56 Å². The van der Waals surface area contributed by atoms with Crippen LogP contribution in [-0.4, -0.2) is 37.1 Å². The van der Waals surface area contributed by atoms with Crippen LogP contribution in [0.5, 0.6) is 0 Å². The van der Waals surface area contributed by atoms with E-state index in [2.05, 4.69) is 16.1 Å². The van der Waals surface area contributed by atoms with Crippen molar-refractivity contribution in [2.75, 3.05) is 6.54 Å². The highest BCUT2D eigenvalue weighted by Gasteiger charge is 2.30. The zero-order chi connectivity index (χ0) is 18.9. The number of para-hydroxylation sites is 1. The third-order valence-electron chi connectivity index (χ3n) is 5.16. The molecule has 0 aliphatic carbocycles. The van der Waals surface area contributed by atoms with Gasteiger partial charge in [-0.25, -0.2) is 14.6 Å². The van der Waals surface area contributed by atoms with Gasteiger partial charge in [-0.2, -0.15) is 5.10 Å². The second-order valence-electron chi connectivity index (χ2n) is 6.92. The number of carbonyl (C=O) groups is 1. The van der Waals surface area contributed by atoms with Crippen LogP contribution < -0.4 is 0 Å². The lowest BCUT2D eigenvalue weighted by atomic mass is 10.0. The van der Waals surface area contributed by atoms with Crippen LogP contribution in [0.25, 0.3) is 15.9 Å². The molecule has 1 fully saturated rings. The first kappa shape index (κ1) is 17.1. The maximum absolute atomic E-state index is 13.3. The van der Waals surface area contributed by atoms with Crippen molar-refractivity contribution in [1.29, 1.82) is 0 Å². The maximum Gasteiger partial charge on any atom is 0.254 e. The predicted molar refractivity (Wildman–Crippen MR) is 109 cm³/mol. The van der Waals surface area contributed by atoms with E-state index in [1.54, 1.807) is 22.3 Å². The van der Waals surface area contributed by atoms with Gasteiger partial charge in [0, 0.05) is 12.1 Å². The van der Waals surface area contributed by atoms with Gasteiger partial charge in [0.05, 0.1) is 21.9 Å². The summed E-state index contributed by atoms with van der Waals surface area (Å²) in [6, 6.07) is 15.7. The summed E-state index contributed by atoms with van der Waals surface area (Å²) >= 11 is 1.70. The van der Waals surface area contributed by atoms with Gasteiger partial charge in [0.15, 0.2) is 0 Å². The summed E-state index contributed by atoms with van der Waals surface area (Å²) in [5.74, 6) is 0.0640. The van der Waals surface area contributed by atoms with Crippen LogP contribution in [-0.2, 0) is 0 Å². The molecule has 2 aromatic heterocycles. The monoisotopic (exact) mass is 389 g/mol. The average Bonchev–Trinajstić information content (AvgIpc) is 3.43. The maximum atomic E-state index is 13.3. The number of benzene rings is 2. The van der Waals surface area contributed by atoms with Gasteiger partial charge >= 0.3 is 0 Å². The van der Waals surface area contributed by atoms with E-state index in [1.165, 1.54) is 11.0 Å². The number of hydrogen-bond acceptors (Lipinski definition) is 5. The molecule has 1 saturated heterocycles. The van der Waals surface area contributed by atoms with Crippen LogP contribution in [0.1, 0.15) is 40.7 Å². The van der Waals surface area contributed by atoms with Crippen molar-refractivity contribution in [1.82, 2.24) is 24.6 Å². The minimum atomic E-state index is 0.0497. The minimum Gasteiger partial charge on any atom is -0.329 e. The lowest BCUT2D eigenvalue weighted by molar-refractivity contribution is 0.0611. The van der Waals surface area contributed by atoms with Crippen LogP contribution in [0.3, 0.4) is 0 Å². The average molecular weight is 389 g/mol. The smallest absolute Gasteiger partial charge is 0.254 e. The number of amides is 1. The van der Waals surface area contributed by atoms with E-state index in [0.717, 1.165) is 42.0 Å². The minimum absolute atomic E-state index is 0.0497. The van der Waals surface area contributed by atoms with Gasteiger partial charge in [-0.05, 0) is 55.7 Å². The number of aromatic nitrogens is 4. The molecule has 140 valence electrons. The summed E-state index contributed by atoms with van der Waals surface area (Å²) in [7, 11) is 0. The first-order valence-electron chi connectivity index (χ1n) is 9.41. The molecule has 1 aliphatic heterocycles. The Hall–Kier alpha value is -3.06. The second-order valence-corrected chi connectivity index (χ2v) is 7.98. The van der Waals surface area contributed by atoms with Gasteiger partial charge in [-0.15, -0.1) is 11.3 Å². The molecular formula is C21H19N5OS. The Balaban J connectivity index is 1.43. The third kappa shape index (κ3) is 3.07. The van der Waals surface area contributed by atoms with Gasteiger partial charge in [-0.1, -0.05) is 12.1 Å². The number of thiazole rings is 1. The van der Waals surface area contributed by atoms with E-state index in [4.69, 9.17) is 4.98 Å². The number of rotatable bonds is 3. The molecule has 0 saturated carbocycles. The molecule has 0 N–H and O–H groups in total. The van der Waals surface area contributed by atoms with Crippen LogP contribution in [0.4, 0.5) is 0 Å². The summed E-state index contributed by atoms with van der Waals surface area (Å²) in [6.07, 6.45) is 6.25. The summed E-state index contributed by atoms with van der Waals surface area (Å²) in [5, 5.41) is 5.16. The van der Waals surface area contributed by atoms with Crippen LogP contribution in [0, 0.1) is 0 Å². The number of fused-ring (bicyclic) bond motifs is 1. The zero-order valence-corrected chi connectivity index (χ0v) is 16.0. The Bertz CT molecular complexity index is 1070. The lowest BCUT2D eigenvalue weighted by Crippen LogP contribution is -2.38. The molecule has 6 nitrogen and oxygen atoms in total. The quantitative estimate of drug-likeness (QED) is 0.526. The normalized spacial score (nSPS) is 17.1. The summed E-state index contributed by atoms with van der Waals surface area (Å²) in [6.45, 7) is 0.768. The summed E-state index contributed by atoms with van der Waals surface area (Å²) < 4.78 is 2.85. The fourth-order valence-electron chi connectivity index (χ4n) is 3.73. The molecule has 2 aromatic carbocycles. The van der Waals surface area contributed by atoms with E-state index < -0.39 is 0 Å². The topological polar surface area (TPSA) is 63.9 Å². The molecule has 1 aliphatic rings. The van der Waals surface area contributed by atoms with Crippen LogP contribution >= 0.6 is 11.3 Å². The van der Waals surface area contributed by atoms with Crippen molar-refractivity contribution in [2.24, 2.45) is 0 Å². The molecule has 1 amide bonds. The van der Waals surface area contributed by atoms with E-state index in [9.17, 15) is 4.79 Å². The number of likely N-dealkylation sites (tertiary alicyclic amines) is 1. The van der Waals surface area contributed by atoms with Crippen molar-refractivity contribution in [3.05, 3.63) is 71.8 Å². The lowest BCUT2D eigenvalue weighted by Gasteiger charge is -2.34. The highest BCUT2D eigenvalue weighted by molar-refractivity contribution is 7.18. The Labute approximate surface area is 166 Å². The van der Waals surface area contributed by atoms with E-state index in [-0.39, 0.29) is 11.9 Å². The fourth-order valence-corrected chi connectivity index (χ4v) is 4.84. The molecule has 4 aromatic rings. The number of carbonyl (C=O) groups excluding carboxylic acids is 1. The first-order valence-corrected chi connectivity index (χ1v) is 10.2. The van der Waals surface area contributed by atoms with Gasteiger partial charge in [0.2, 0.25) is 0 Å². The van der Waals surface area contributed by atoms with Crippen molar-refractivity contribution < 1.29 is 4.79 Å². The summed E-state index contributed by atoms with van der Waals surface area (Å²) in [5.41, 5.74) is 2.59. The Morgan fingerprint density at radius 1 is 1.07 bits per heavy atom. The third-order valence-corrected chi connectivity index (χ3v) is 6.29. The highest BCUT2D eigenvalue weighted by atomic mass is 32.1. The van der Waals surface area contributed by atoms with Crippen molar-refractivity contribution >= 4 is 27.5 Å². The SMILES string of the molecule is O=C(c1ccc(-n2cncn2)cc1)N1CCCCC1c1nc2ccccc2s1. The standard InChI is InChI=1S/C21H19N5OS/c27-21(15-8-10-16(11-9-15)26-14-22-13-23-26)25-12-4-3-6-18(25)20-24-17-5-1-2-7-19(17)28-20/h1-2,5,7-11,13-14,18H,3-4,6,12H2. The molecule has 5 rings (SSSR count). The van der Waals surface area contributed by atoms with Crippen molar-refractivity contribution in [3.8, 4) is 5.69 Å². The van der Waals surface area contributed by atoms with Gasteiger partial charge in [-0.3, -0.25) is 4.79 Å². The molecule has 1 atom stereocenters. The molecule has 0 bridgehead atoms. The van der Waals surface area contributed by atoms with E-state index in [1.807, 2.05) is 47.4 Å². The van der Waals surface area contributed by atoms with Gasteiger partial charge in [0.1, 0.15) is 17.7 Å². The molecule has 3 heterocycles. The van der Waals surface area contributed by atoms with Crippen molar-refractivity contribution in [3.63, 3.8) is 0 Å². The second kappa shape index (κ2) is 7.16. The van der Waals surface area contributed by atoms with Crippen LogP contribution in [0.2, 0.25) is 0 Å². The van der Waals surface area contributed by atoms with Gasteiger partial charge < -0.3 is 4.90 Å². The fraction of sp³-hybridized carbons (Fsp3) is 0.238. The molecule has 7 heteroatoms. The molecule has 1 unspecified atom stereocenters. The molecular weight excluding hydrogens is 370 g/mol. The Morgan fingerprint density at radius 2 is 1.93 bits per heavy atom. The predicted octanol–water partition coefficient (Wildman–Crippen LogP) is 4.24. The Kier molecular flexibility index (Phi) is 4.37. The number of nitrogens with zero attached hydrogens (tertiary/aromatic N) is 5. The molecule has 0 spiro atoms. The Morgan fingerprint density at radius 3 is 2.71 bits per heavy atom. The number of hydrogen-bond donors (Lipinski definition) is 0. The molecule has 0 radical (unpaired) electrons. The number of piperidine rings is 1. The zero-order valence-electron chi connectivity index (χ0n) is 15.2. The van der Waals surface area contributed by atoms with Crippen LogP contribution in [0.15, 0.2) is 61.2 Å². The molecule has 28 heavy (non-hydrogen) atoms. The largest absolute Gasteiger partial charge is 0.329 e. The van der Waals surface area contributed by atoms with E-state index >= 15 is 0 Å². The highest BCUT2D eigenvalue weighted by Crippen LogP contribution is 2.36.